The van der Waals surface area contributed by atoms with Gasteiger partial charge in [0.1, 0.15) is 0 Å². The number of aromatic nitrogens is 4. The Hall–Kier alpha value is -6.86. The van der Waals surface area contributed by atoms with Crippen molar-refractivity contribution in [1.29, 1.82) is 0 Å². The first-order valence-corrected chi connectivity index (χ1v) is 17.2. The molecule has 0 aliphatic carbocycles. The molecule has 7 aromatic carbocycles. The molecule has 0 radical (unpaired) electrons. The summed E-state index contributed by atoms with van der Waals surface area (Å²) in [7, 11) is 0. The zero-order valence-corrected chi connectivity index (χ0v) is 28.2. The zero-order chi connectivity index (χ0) is 35.9. The molecule has 2 aromatic heterocycles. The molecular formula is C46H29F3N4. The molecule has 0 N–H and O–H groups in total. The highest BCUT2D eigenvalue weighted by atomic mass is 19.4. The maximum atomic E-state index is 14.1. The van der Waals surface area contributed by atoms with Crippen LogP contribution in [0.3, 0.4) is 0 Å². The van der Waals surface area contributed by atoms with E-state index in [1.807, 2.05) is 115 Å². The van der Waals surface area contributed by atoms with Crippen LogP contribution in [0.2, 0.25) is 0 Å². The molecule has 0 bridgehead atoms. The smallest absolute Gasteiger partial charge is 0.309 e. The van der Waals surface area contributed by atoms with E-state index in [-0.39, 0.29) is 0 Å². The van der Waals surface area contributed by atoms with Crippen LogP contribution in [0.25, 0.3) is 83.9 Å². The predicted molar refractivity (Wildman–Crippen MR) is 206 cm³/mol. The summed E-state index contributed by atoms with van der Waals surface area (Å²) < 4.78 is 44.3. The Bertz CT molecular complexity index is 2700. The van der Waals surface area contributed by atoms with Gasteiger partial charge in [-0.15, -0.1) is 0 Å². The van der Waals surface area contributed by atoms with Crippen LogP contribution in [-0.4, -0.2) is 19.5 Å². The number of nitrogens with zero attached hydrogens (tertiary/aromatic N) is 4. The lowest BCUT2D eigenvalue weighted by atomic mass is 9.98. The third-order valence-corrected chi connectivity index (χ3v) is 9.48. The molecule has 0 saturated carbocycles. The summed E-state index contributed by atoms with van der Waals surface area (Å²) in [4.78, 5) is 14.8. The topological polar surface area (TPSA) is 43.6 Å². The van der Waals surface area contributed by atoms with Crippen molar-refractivity contribution in [2.24, 2.45) is 0 Å². The van der Waals surface area contributed by atoms with Crippen molar-refractivity contribution in [3.05, 3.63) is 181 Å². The van der Waals surface area contributed by atoms with Crippen molar-refractivity contribution in [2.75, 3.05) is 0 Å². The first-order chi connectivity index (χ1) is 25.9. The van der Waals surface area contributed by atoms with E-state index < -0.39 is 11.7 Å². The molecule has 9 rings (SSSR count). The molecule has 7 heteroatoms. The van der Waals surface area contributed by atoms with Crippen LogP contribution in [0.15, 0.2) is 176 Å². The monoisotopic (exact) mass is 694 g/mol. The van der Waals surface area contributed by atoms with Crippen molar-refractivity contribution in [3.8, 4) is 62.1 Å². The number of halogens is 3. The van der Waals surface area contributed by atoms with Crippen LogP contribution in [0.5, 0.6) is 0 Å². The van der Waals surface area contributed by atoms with Gasteiger partial charge in [-0.3, -0.25) is 0 Å². The zero-order valence-electron chi connectivity index (χ0n) is 28.2. The minimum atomic E-state index is -4.50. The van der Waals surface area contributed by atoms with E-state index in [0.717, 1.165) is 50.1 Å². The van der Waals surface area contributed by atoms with Crippen molar-refractivity contribution in [3.63, 3.8) is 0 Å². The van der Waals surface area contributed by atoms with Crippen molar-refractivity contribution in [1.82, 2.24) is 19.5 Å². The fourth-order valence-electron chi connectivity index (χ4n) is 6.94. The van der Waals surface area contributed by atoms with E-state index in [9.17, 15) is 13.2 Å². The summed E-state index contributed by atoms with van der Waals surface area (Å²) in [5.41, 5.74) is 7.44. The van der Waals surface area contributed by atoms with E-state index in [1.165, 1.54) is 12.1 Å². The molecule has 53 heavy (non-hydrogen) atoms. The standard InChI is InChI=1S/C46H29F3N4/c47-46(48,49)36-20-12-19-34(27-36)37-25-23-35(45-51-43(31-15-6-2-7-16-31)50-44(52-45)32-17-8-3-9-18-32)29-42(37)53-40-22-11-10-21-38(40)39-28-33(24-26-41(39)53)30-13-4-1-5-14-30/h1-29H. The average Bonchev–Trinajstić information content (AvgIpc) is 3.55. The Kier molecular flexibility index (Phi) is 7.89. The van der Waals surface area contributed by atoms with E-state index in [1.54, 1.807) is 6.07 Å². The fourth-order valence-corrected chi connectivity index (χ4v) is 6.94. The maximum Gasteiger partial charge on any atom is 0.416 e. The summed E-state index contributed by atoms with van der Waals surface area (Å²) in [6, 6.07) is 55.3. The highest BCUT2D eigenvalue weighted by molar-refractivity contribution is 6.11. The number of hydrogen-bond donors (Lipinski definition) is 0. The Balaban J connectivity index is 1.32. The molecule has 4 nitrogen and oxygen atoms in total. The number of rotatable bonds is 6. The highest BCUT2D eigenvalue weighted by Gasteiger charge is 2.31. The van der Waals surface area contributed by atoms with Crippen LogP contribution in [0, 0.1) is 0 Å². The lowest BCUT2D eigenvalue weighted by Gasteiger charge is -2.17. The second-order valence-corrected chi connectivity index (χ2v) is 12.8. The number of benzene rings is 7. The van der Waals surface area contributed by atoms with Crippen molar-refractivity contribution < 1.29 is 13.2 Å². The molecule has 0 saturated heterocycles. The fraction of sp³-hybridized carbons (Fsp3) is 0.0217. The van der Waals surface area contributed by atoms with Gasteiger partial charge >= 0.3 is 6.18 Å². The Labute approximate surface area is 303 Å². The van der Waals surface area contributed by atoms with Gasteiger partial charge in [-0.25, -0.2) is 15.0 Å². The molecule has 0 fully saturated rings. The average molecular weight is 695 g/mol. The number of fused-ring (bicyclic) bond motifs is 3. The largest absolute Gasteiger partial charge is 0.416 e. The minimum Gasteiger partial charge on any atom is -0.309 e. The Morgan fingerprint density at radius 1 is 0.377 bits per heavy atom. The van der Waals surface area contributed by atoms with Crippen molar-refractivity contribution in [2.45, 2.75) is 6.18 Å². The summed E-state index contributed by atoms with van der Waals surface area (Å²) in [5.74, 6) is 1.48. The SMILES string of the molecule is FC(F)(F)c1cccc(-c2ccc(-c3nc(-c4ccccc4)nc(-c4ccccc4)n3)cc2-n2c3ccccc3c3cc(-c4ccccc4)ccc32)c1. The molecule has 0 aliphatic rings. The van der Waals surface area contributed by atoms with Gasteiger partial charge in [-0.05, 0) is 53.1 Å². The number of hydrogen-bond acceptors (Lipinski definition) is 3. The van der Waals surface area contributed by atoms with E-state index in [2.05, 4.69) is 41.0 Å². The normalized spacial score (nSPS) is 11.7. The second kappa shape index (κ2) is 13.0. The Morgan fingerprint density at radius 2 is 0.906 bits per heavy atom. The summed E-state index contributed by atoms with van der Waals surface area (Å²) in [6.07, 6.45) is -4.50. The lowest BCUT2D eigenvalue weighted by Crippen LogP contribution is -2.05. The third kappa shape index (κ3) is 6.02. The van der Waals surface area contributed by atoms with Crippen LogP contribution >= 0.6 is 0 Å². The van der Waals surface area contributed by atoms with Crippen LogP contribution in [0.1, 0.15) is 5.56 Å². The van der Waals surface area contributed by atoms with Gasteiger partial charge < -0.3 is 4.57 Å². The van der Waals surface area contributed by atoms with Crippen molar-refractivity contribution >= 4 is 21.8 Å². The van der Waals surface area contributed by atoms with Gasteiger partial charge in [0.15, 0.2) is 17.5 Å². The molecule has 254 valence electrons. The molecule has 0 aliphatic heterocycles. The summed E-state index contributed by atoms with van der Waals surface area (Å²) in [6.45, 7) is 0. The lowest BCUT2D eigenvalue weighted by molar-refractivity contribution is -0.137. The maximum absolute atomic E-state index is 14.1. The number of alkyl halides is 3. The molecule has 0 unspecified atom stereocenters. The van der Waals surface area contributed by atoms with E-state index in [0.29, 0.717) is 39.9 Å². The van der Waals surface area contributed by atoms with Gasteiger partial charge in [0, 0.05) is 33.0 Å². The van der Waals surface area contributed by atoms with Crippen LogP contribution in [-0.2, 0) is 6.18 Å². The number of para-hydroxylation sites is 1. The molecule has 0 atom stereocenters. The quantitative estimate of drug-likeness (QED) is 0.174. The van der Waals surface area contributed by atoms with Gasteiger partial charge in [-0.2, -0.15) is 13.2 Å². The molecular weight excluding hydrogens is 666 g/mol. The van der Waals surface area contributed by atoms with Gasteiger partial charge in [-0.1, -0.05) is 140 Å². The third-order valence-electron chi connectivity index (χ3n) is 9.48. The predicted octanol–water partition coefficient (Wildman–Crippen LogP) is 12.3. The van der Waals surface area contributed by atoms with Gasteiger partial charge in [0.2, 0.25) is 0 Å². The molecule has 0 amide bonds. The second-order valence-electron chi connectivity index (χ2n) is 12.8. The highest BCUT2D eigenvalue weighted by Crippen LogP contribution is 2.41. The van der Waals surface area contributed by atoms with Gasteiger partial charge in [0.25, 0.3) is 0 Å². The molecule has 9 aromatic rings. The molecule has 2 heterocycles. The Morgan fingerprint density at radius 3 is 1.55 bits per heavy atom. The first kappa shape index (κ1) is 32.1. The minimum absolute atomic E-state index is 0.443. The molecule has 0 spiro atoms. The first-order valence-electron chi connectivity index (χ1n) is 17.2. The van der Waals surface area contributed by atoms with E-state index >= 15 is 0 Å². The van der Waals surface area contributed by atoms with Crippen LogP contribution < -0.4 is 0 Å². The van der Waals surface area contributed by atoms with E-state index in [4.69, 9.17) is 15.0 Å². The summed E-state index contributed by atoms with van der Waals surface area (Å²) >= 11 is 0. The van der Waals surface area contributed by atoms with Crippen LogP contribution in [0.4, 0.5) is 13.2 Å². The van der Waals surface area contributed by atoms with Gasteiger partial charge in [0.05, 0.1) is 22.3 Å². The summed E-state index contributed by atoms with van der Waals surface area (Å²) in [5, 5.41) is 2.05.